The van der Waals surface area contributed by atoms with Crippen molar-refractivity contribution < 1.29 is 18.3 Å². The summed E-state index contributed by atoms with van der Waals surface area (Å²) in [5.74, 6) is -1.20. The molecule has 92 valence electrons. The Morgan fingerprint density at radius 3 is 2.65 bits per heavy atom. The lowest BCUT2D eigenvalue weighted by Gasteiger charge is -2.12. The summed E-state index contributed by atoms with van der Waals surface area (Å²) in [4.78, 5) is 22.3. The van der Waals surface area contributed by atoms with Crippen molar-refractivity contribution in [1.82, 2.24) is 4.57 Å². The van der Waals surface area contributed by atoms with Crippen LogP contribution in [0.3, 0.4) is 0 Å². The molecule has 1 N–H and O–H groups in total. The summed E-state index contributed by atoms with van der Waals surface area (Å²) in [6.07, 6.45) is 1.56. The Balaban J connectivity index is 2.42. The van der Waals surface area contributed by atoms with E-state index in [0.29, 0.717) is 6.42 Å². The van der Waals surface area contributed by atoms with E-state index in [2.05, 4.69) is 0 Å². The quantitative estimate of drug-likeness (QED) is 0.799. The van der Waals surface area contributed by atoms with E-state index in [4.69, 9.17) is 5.11 Å². The summed E-state index contributed by atoms with van der Waals surface area (Å²) in [5, 5.41) is 8.81. The SMILES string of the molecule is O=C(O)c1ccc(=O)n(C2CCS(=O)(=O)C2)c1. The van der Waals surface area contributed by atoms with Gasteiger partial charge in [-0.1, -0.05) is 0 Å². The van der Waals surface area contributed by atoms with Crippen LogP contribution >= 0.6 is 0 Å². The lowest BCUT2D eigenvalue weighted by molar-refractivity contribution is 0.0695. The second-order valence-corrected chi connectivity index (χ2v) is 6.25. The van der Waals surface area contributed by atoms with Gasteiger partial charge < -0.3 is 9.67 Å². The van der Waals surface area contributed by atoms with Crippen molar-refractivity contribution in [3.05, 3.63) is 34.2 Å². The first-order chi connectivity index (χ1) is 7.89. The van der Waals surface area contributed by atoms with E-state index < -0.39 is 21.8 Å². The predicted octanol–water partition coefficient (Wildman–Crippen LogP) is -0.0939. The molecular weight excluding hydrogens is 246 g/mol. The van der Waals surface area contributed by atoms with Crippen LogP contribution < -0.4 is 5.56 Å². The Morgan fingerprint density at radius 1 is 1.41 bits per heavy atom. The molecule has 0 radical (unpaired) electrons. The largest absolute Gasteiger partial charge is 0.478 e. The van der Waals surface area contributed by atoms with Gasteiger partial charge in [0.25, 0.3) is 5.56 Å². The van der Waals surface area contributed by atoms with Gasteiger partial charge in [-0.2, -0.15) is 0 Å². The Kier molecular flexibility index (Phi) is 2.78. The molecule has 0 amide bonds. The van der Waals surface area contributed by atoms with E-state index in [0.717, 1.165) is 6.07 Å². The van der Waals surface area contributed by atoms with Crippen LogP contribution in [0.2, 0.25) is 0 Å². The van der Waals surface area contributed by atoms with E-state index in [1.54, 1.807) is 0 Å². The predicted molar refractivity (Wildman–Crippen MR) is 60.0 cm³/mol. The van der Waals surface area contributed by atoms with E-state index in [9.17, 15) is 18.0 Å². The van der Waals surface area contributed by atoms with E-state index in [-0.39, 0.29) is 22.6 Å². The minimum absolute atomic E-state index is 0.0195. The third kappa shape index (κ3) is 2.38. The number of carboxylic acid groups (broad SMARTS) is 1. The molecule has 0 aliphatic carbocycles. The number of pyridine rings is 1. The fourth-order valence-electron chi connectivity index (χ4n) is 1.91. The summed E-state index contributed by atoms with van der Waals surface area (Å²) < 4.78 is 23.8. The van der Waals surface area contributed by atoms with Gasteiger partial charge in [0.15, 0.2) is 9.84 Å². The zero-order chi connectivity index (χ0) is 12.6. The molecule has 17 heavy (non-hydrogen) atoms. The molecule has 1 saturated heterocycles. The lowest BCUT2D eigenvalue weighted by Crippen LogP contribution is -2.25. The van der Waals surface area contributed by atoms with E-state index in [1.807, 2.05) is 0 Å². The fourth-order valence-corrected chi connectivity index (χ4v) is 3.62. The van der Waals surface area contributed by atoms with Crippen LogP contribution in [-0.2, 0) is 9.84 Å². The first-order valence-electron chi connectivity index (χ1n) is 5.05. The number of carbonyl (C=O) groups is 1. The third-order valence-corrected chi connectivity index (χ3v) is 4.54. The van der Waals surface area contributed by atoms with Crippen molar-refractivity contribution in [3.8, 4) is 0 Å². The average molecular weight is 257 g/mol. The molecule has 1 aliphatic rings. The molecule has 1 fully saturated rings. The molecule has 2 rings (SSSR count). The molecule has 1 aromatic rings. The number of sulfone groups is 1. The van der Waals surface area contributed by atoms with Crippen molar-refractivity contribution in [2.75, 3.05) is 11.5 Å². The number of carboxylic acids is 1. The van der Waals surface area contributed by atoms with E-state index in [1.165, 1.54) is 16.8 Å². The van der Waals surface area contributed by atoms with Crippen molar-refractivity contribution in [2.45, 2.75) is 12.5 Å². The maximum Gasteiger partial charge on any atom is 0.337 e. The van der Waals surface area contributed by atoms with Gasteiger partial charge >= 0.3 is 5.97 Å². The third-order valence-electron chi connectivity index (χ3n) is 2.79. The van der Waals surface area contributed by atoms with Crippen molar-refractivity contribution in [1.29, 1.82) is 0 Å². The van der Waals surface area contributed by atoms with Crippen LogP contribution in [0.25, 0.3) is 0 Å². The van der Waals surface area contributed by atoms with Crippen LogP contribution in [0.15, 0.2) is 23.1 Å². The normalized spacial score (nSPS) is 22.5. The highest BCUT2D eigenvalue weighted by atomic mass is 32.2. The smallest absolute Gasteiger partial charge is 0.337 e. The van der Waals surface area contributed by atoms with Gasteiger partial charge in [-0.05, 0) is 12.5 Å². The molecule has 1 aliphatic heterocycles. The number of hydrogen-bond acceptors (Lipinski definition) is 4. The molecule has 6 nitrogen and oxygen atoms in total. The Bertz CT molecular complexity index is 616. The fraction of sp³-hybridized carbons (Fsp3) is 0.400. The van der Waals surface area contributed by atoms with Gasteiger partial charge in [0.2, 0.25) is 0 Å². The molecule has 0 spiro atoms. The highest BCUT2D eigenvalue weighted by Crippen LogP contribution is 2.22. The minimum Gasteiger partial charge on any atom is -0.478 e. The van der Waals surface area contributed by atoms with Gasteiger partial charge in [0.05, 0.1) is 23.1 Å². The number of nitrogens with zero attached hydrogens (tertiary/aromatic N) is 1. The minimum atomic E-state index is -3.10. The highest BCUT2D eigenvalue weighted by molar-refractivity contribution is 7.91. The molecule has 0 bridgehead atoms. The summed E-state index contributed by atoms with van der Waals surface area (Å²) in [5.41, 5.74) is -0.397. The highest BCUT2D eigenvalue weighted by Gasteiger charge is 2.29. The average Bonchev–Trinajstić information content (AvgIpc) is 2.59. The molecule has 0 aromatic carbocycles. The van der Waals surface area contributed by atoms with Crippen LogP contribution in [0.4, 0.5) is 0 Å². The number of rotatable bonds is 2. The summed E-state index contributed by atoms with van der Waals surface area (Å²) >= 11 is 0. The van der Waals surface area contributed by atoms with Crippen molar-refractivity contribution in [3.63, 3.8) is 0 Å². The Morgan fingerprint density at radius 2 is 2.12 bits per heavy atom. The standard InChI is InChI=1S/C10H11NO5S/c12-9-2-1-7(10(13)14)5-11(9)8-3-4-17(15,16)6-8/h1-2,5,8H,3-4,6H2,(H,13,14). The molecule has 0 saturated carbocycles. The van der Waals surface area contributed by atoms with Gasteiger partial charge in [-0.15, -0.1) is 0 Å². The Hall–Kier alpha value is -1.63. The molecular formula is C10H11NO5S. The van der Waals surface area contributed by atoms with E-state index >= 15 is 0 Å². The van der Waals surface area contributed by atoms with Crippen molar-refractivity contribution in [2.24, 2.45) is 0 Å². The van der Waals surface area contributed by atoms with Gasteiger partial charge in [0.1, 0.15) is 0 Å². The first kappa shape index (κ1) is 11.8. The van der Waals surface area contributed by atoms with Gasteiger partial charge in [-0.25, -0.2) is 13.2 Å². The Labute approximate surface area is 97.4 Å². The molecule has 1 aromatic heterocycles. The maximum absolute atomic E-state index is 11.6. The summed E-state index contributed by atoms with van der Waals surface area (Å²) in [6.45, 7) is 0. The lowest BCUT2D eigenvalue weighted by atomic mass is 10.2. The number of aromatic nitrogens is 1. The number of hydrogen-bond donors (Lipinski definition) is 1. The number of aromatic carboxylic acids is 1. The molecule has 1 unspecified atom stereocenters. The van der Waals surface area contributed by atoms with Gasteiger partial charge in [0, 0.05) is 12.3 Å². The van der Waals surface area contributed by atoms with Gasteiger partial charge in [-0.3, -0.25) is 4.79 Å². The van der Waals surface area contributed by atoms with Crippen LogP contribution in [0, 0.1) is 0 Å². The summed E-state index contributed by atoms with van der Waals surface area (Å²) in [7, 11) is -3.10. The van der Waals surface area contributed by atoms with Crippen LogP contribution in [-0.4, -0.2) is 35.6 Å². The topological polar surface area (TPSA) is 93.4 Å². The zero-order valence-electron chi connectivity index (χ0n) is 8.87. The summed E-state index contributed by atoms with van der Waals surface area (Å²) in [6, 6.07) is 1.91. The first-order valence-corrected chi connectivity index (χ1v) is 6.87. The second-order valence-electron chi connectivity index (χ2n) is 4.03. The maximum atomic E-state index is 11.6. The van der Waals surface area contributed by atoms with Crippen LogP contribution in [0.5, 0.6) is 0 Å². The van der Waals surface area contributed by atoms with Crippen molar-refractivity contribution >= 4 is 15.8 Å². The molecule has 2 heterocycles. The second kappa shape index (κ2) is 3.99. The molecule has 1 atom stereocenters. The molecule has 7 heteroatoms. The van der Waals surface area contributed by atoms with Crippen LogP contribution in [0.1, 0.15) is 22.8 Å². The zero-order valence-corrected chi connectivity index (χ0v) is 9.68. The monoisotopic (exact) mass is 257 g/mol.